The normalized spacial score (nSPS) is 12.7. The third-order valence-corrected chi connectivity index (χ3v) is 21.7. The van der Waals surface area contributed by atoms with E-state index in [2.05, 4.69) is 339 Å². The molecule has 0 radical (unpaired) electrons. The quantitative estimate of drug-likeness (QED) is 0.0864. The molecule has 0 saturated carbocycles. The molecule has 5 nitrogen and oxygen atoms in total. The van der Waals surface area contributed by atoms with Crippen molar-refractivity contribution in [3.05, 3.63) is 261 Å². The minimum atomic E-state index is -2.08. The fraction of sp³-hybridized carbons (Fsp3) is 0.480. The smallest absolute Gasteiger partial charge is 0.410 e. The zero-order valence-electron chi connectivity index (χ0n) is 71.0. The molecule has 0 aromatic heterocycles. The zero-order valence-corrected chi connectivity index (χ0v) is 74.2. The lowest BCUT2D eigenvalue weighted by atomic mass is 9.87. The second-order valence-electron chi connectivity index (χ2n) is 32.1. The summed E-state index contributed by atoms with van der Waals surface area (Å²) in [7, 11) is -1.94. The van der Waals surface area contributed by atoms with Crippen molar-refractivity contribution in [2.45, 2.75) is 279 Å². The lowest BCUT2D eigenvalue weighted by molar-refractivity contribution is 0.0166. The largest absolute Gasteiger partial charge is 0.444 e. The van der Waals surface area contributed by atoms with Gasteiger partial charge in [-0.3, -0.25) is 4.21 Å². The van der Waals surface area contributed by atoms with Gasteiger partial charge in [-0.1, -0.05) is 326 Å². The number of carbonyl (C=O) groups excluding carboxylic acids is 1. The number of hydrogen-bond acceptors (Lipinski definition) is 6. The number of carbonyl (C=O) groups is 1. The van der Waals surface area contributed by atoms with Crippen LogP contribution in [0.3, 0.4) is 0 Å². The maximum atomic E-state index is 11.8. The Hall–Kier alpha value is -6.07. The fourth-order valence-electron chi connectivity index (χ4n) is 11.0. The van der Waals surface area contributed by atoms with Crippen LogP contribution < -0.4 is 5.73 Å². The maximum Gasteiger partial charge on any atom is 0.410 e. The molecule has 1 aliphatic rings. The van der Waals surface area contributed by atoms with E-state index in [1.807, 2.05) is 81.6 Å². The van der Waals surface area contributed by atoms with Gasteiger partial charge in [0.2, 0.25) is 0 Å². The summed E-state index contributed by atoms with van der Waals surface area (Å²) in [6.45, 7) is 55.5. The van der Waals surface area contributed by atoms with E-state index in [4.69, 9.17) is 10.5 Å². The van der Waals surface area contributed by atoms with Crippen LogP contribution in [0.5, 0.6) is 0 Å². The van der Waals surface area contributed by atoms with Crippen molar-refractivity contribution in [1.29, 1.82) is 0 Å². The highest BCUT2D eigenvalue weighted by atomic mass is 32.2. The Kier molecular flexibility index (Phi) is 50.9. The highest BCUT2D eigenvalue weighted by Gasteiger charge is 2.28. The Balaban J connectivity index is 0. The minimum absolute atomic E-state index is 0. The van der Waals surface area contributed by atoms with E-state index in [0.29, 0.717) is 47.3 Å². The number of aryl methyl sites for hydroxylation is 2. The number of ether oxygens (including phenoxy) is 1. The van der Waals surface area contributed by atoms with Gasteiger partial charge in [-0.25, -0.2) is 4.79 Å². The molecule has 8 aromatic rings. The molecule has 107 heavy (non-hydrogen) atoms. The number of nitrogens with two attached hydrogens (primary N) is 1. The van der Waals surface area contributed by atoms with Gasteiger partial charge in [-0.2, -0.15) is 10.5 Å². The Morgan fingerprint density at radius 2 is 0.860 bits per heavy atom. The number of thioether (sulfide) groups is 2. The number of piperidine rings is 1. The number of rotatable bonds is 14. The average molecular weight is 1530 g/mol. The summed E-state index contributed by atoms with van der Waals surface area (Å²) in [5, 5.41) is 0. The lowest BCUT2D eigenvalue weighted by Gasteiger charge is -2.34. The van der Waals surface area contributed by atoms with E-state index in [9.17, 15) is 9.00 Å². The predicted octanol–water partition coefficient (Wildman–Crippen LogP) is 29.7. The second-order valence-corrected chi connectivity index (χ2v) is 38.0. The second kappa shape index (κ2) is 52.9. The third-order valence-electron chi connectivity index (χ3n) is 17.8. The highest BCUT2D eigenvalue weighted by Crippen LogP contribution is 2.32. The number of benzene rings is 8. The van der Waals surface area contributed by atoms with Gasteiger partial charge in [0.25, 0.3) is 0 Å². The van der Waals surface area contributed by atoms with Gasteiger partial charge in [-0.15, -0.1) is 23.5 Å². The van der Waals surface area contributed by atoms with Crippen molar-refractivity contribution in [3.8, 4) is 0 Å². The zero-order chi connectivity index (χ0) is 80.0. The van der Waals surface area contributed by atoms with Crippen LogP contribution in [0.15, 0.2) is 220 Å². The van der Waals surface area contributed by atoms with Crippen LogP contribution in [0.25, 0.3) is 0 Å². The van der Waals surface area contributed by atoms with Crippen molar-refractivity contribution in [2.24, 2.45) is 17.6 Å². The Morgan fingerprint density at radius 1 is 0.486 bits per heavy atom. The molecule has 0 bridgehead atoms. The van der Waals surface area contributed by atoms with Gasteiger partial charge in [0.1, 0.15) is 5.60 Å². The van der Waals surface area contributed by atoms with Crippen LogP contribution in [0.4, 0.5) is 4.79 Å². The Morgan fingerprint density at radius 3 is 1.20 bits per heavy atom. The van der Waals surface area contributed by atoms with Crippen LogP contribution in [0, 0.1) is 25.7 Å². The molecule has 1 fully saturated rings. The van der Waals surface area contributed by atoms with Crippen molar-refractivity contribution in [3.63, 3.8) is 0 Å². The first-order chi connectivity index (χ1) is 48.9. The number of amides is 1. The molecule has 0 spiro atoms. The summed E-state index contributed by atoms with van der Waals surface area (Å²) in [6, 6.07) is 70.1. The van der Waals surface area contributed by atoms with Crippen LogP contribution in [0.1, 0.15) is 295 Å². The van der Waals surface area contributed by atoms with Crippen molar-refractivity contribution in [1.82, 2.24) is 4.90 Å². The van der Waals surface area contributed by atoms with E-state index < -0.39 is 9.52 Å². The molecular weight excluding hydrogens is 1380 g/mol. The fourth-order valence-corrected chi connectivity index (χ4v) is 14.4. The lowest BCUT2D eigenvalue weighted by Crippen LogP contribution is -2.42. The number of likely N-dealkylation sites (tertiary alicyclic amines) is 1. The minimum Gasteiger partial charge on any atom is -0.444 e. The van der Waals surface area contributed by atoms with Gasteiger partial charge < -0.3 is 15.4 Å². The van der Waals surface area contributed by atoms with E-state index in [-0.39, 0.29) is 42.6 Å². The molecule has 9 heteroatoms. The summed E-state index contributed by atoms with van der Waals surface area (Å²) >= 11 is 3.62. The molecule has 8 aromatic carbocycles. The average Bonchev–Trinajstić information content (AvgIpc) is 0.844. The molecule has 0 aliphatic carbocycles. The van der Waals surface area contributed by atoms with Crippen molar-refractivity contribution in [2.75, 3.05) is 38.1 Å². The van der Waals surface area contributed by atoms with Gasteiger partial charge in [0.15, 0.2) is 0 Å². The first-order valence-electron chi connectivity index (χ1n) is 38.2. The number of nitrogens with zero attached hydrogens (tertiary/aromatic N) is 1. The Labute approximate surface area is 671 Å². The molecule has 596 valence electrons. The molecule has 1 heterocycles. The highest BCUT2D eigenvalue weighted by molar-refractivity contribution is 8.13. The number of hydrogen-bond donors (Lipinski definition) is 1. The van der Waals surface area contributed by atoms with Gasteiger partial charge in [0, 0.05) is 44.5 Å². The summed E-state index contributed by atoms with van der Waals surface area (Å²) in [4.78, 5) is 18.7. The predicted molar refractivity (Wildman–Crippen MR) is 492 cm³/mol. The van der Waals surface area contributed by atoms with Crippen molar-refractivity contribution < 1.29 is 13.7 Å². The molecule has 2 unspecified atom stereocenters. The van der Waals surface area contributed by atoms with Crippen LogP contribution in [-0.4, -0.2) is 70.7 Å². The van der Waals surface area contributed by atoms with Gasteiger partial charge in [-0.05, 0) is 235 Å². The SMILES string of the molecule is C.C.C=S(C)(=O)c1ccccc1C(C)C.C=S(C)c1ccccc1C(C)C.CC(C)C1CCN(C(=O)OC(C)(C)C)CC1.CC(C)c1cccc(C(C)(C)N)c1.CC(C)c1ccccc1.CSc1cccc(C(C)C)c1.CSc1ccccc1C(C)C.Cc1cccc(C(C)C)c1.Cc1cccc(C(C)C)c1. The first-order valence-corrected chi connectivity index (χ1v) is 44.6. The summed E-state index contributed by atoms with van der Waals surface area (Å²) in [5.74, 6) is 14.1. The molecule has 1 amide bonds. The van der Waals surface area contributed by atoms with Crippen LogP contribution in [0.2, 0.25) is 0 Å². The summed E-state index contributed by atoms with van der Waals surface area (Å²) < 4.78 is 17.2. The maximum absolute atomic E-state index is 11.8. The van der Waals surface area contributed by atoms with Crippen LogP contribution >= 0.6 is 34.0 Å². The first kappa shape index (κ1) is 103. The standard InChI is InChI=1S/C13H25NO2.C12H19N.C11H16OS.C11H16S.2C10H14S.2C10H14.C9H12.2CH4/c1-10(2)11-6-8-14(9-7-11)12(15)16-13(3,4)5;1-9(2)10-6-5-7-11(8-10)12(3,4)13;1-9(2)10-7-5-6-8-11(10)13(3,4)12;1-9(2)10-7-5-6-8-11(10)12(3)4;1-8(2)9-5-4-6-10(7-9)11-3;1-8(2)9-6-4-5-7-10(9)11-3;2*1-8(2)10-6-4-5-9(3)7-10;1-8(2)9-6-4-3-5-7-9;;/h10-11H,6-9H2,1-5H3;5-9H,13H2,1-4H3;5-9H,3H2,1-2,4H3;5-9H,3H2,1-2,4H3;2*4-8H,1-3H3;2*4-8H,1-3H3;3-8H,1-2H3;2*1H4. The molecule has 1 aliphatic heterocycles. The molecule has 1 saturated heterocycles. The Bertz CT molecular complexity index is 3770. The van der Waals surface area contributed by atoms with E-state index in [0.717, 1.165) is 48.2 Å². The topological polar surface area (TPSA) is 72.6 Å². The monoisotopic (exact) mass is 1530 g/mol. The van der Waals surface area contributed by atoms with Gasteiger partial charge >= 0.3 is 6.09 Å². The summed E-state index contributed by atoms with van der Waals surface area (Å²) in [5.41, 5.74) is 20.4. The van der Waals surface area contributed by atoms with E-state index >= 15 is 0 Å². The van der Waals surface area contributed by atoms with Crippen molar-refractivity contribution >= 4 is 61.4 Å². The third kappa shape index (κ3) is 42.6. The van der Waals surface area contributed by atoms with Crippen LogP contribution in [-0.2, 0) is 19.8 Å². The molecule has 9 rings (SSSR count). The van der Waals surface area contributed by atoms with Gasteiger partial charge in [0.05, 0.1) is 0 Å². The van der Waals surface area contributed by atoms with E-state index in [1.165, 1.54) is 70.3 Å². The molecule has 2 atom stereocenters. The van der Waals surface area contributed by atoms with E-state index in [1.54, 1.807) is 18.0 Å². The summed E-state index contributed by atoms with van der Waals surface area (Å²) in [6.07, 6.45) is 10.2. The molecular formula is C98H152N2O3S4. The molecule has 2 N–H and O–H groups in total.